The Labute approximate surface area is 107 Å². The summed E-state index contributed by atoms with van der Waals surface area (Å²) in [5, 5.41) is 3.24. The average Bonchev–Trinajstić information content (AvgIpc) is 2.83. The summed E-state index contributed by atoms with van der Waals surface area (Å²) in [6, 6.07) is 10.2. The van der Waals surface area contributed by atoms with E-state index >= 15 is 0 Å². The van der Waals surface area contributed by atoms with E-state index < -0.39 is 0 Å². The van der Waals surface area contributed by atoms with E-state index in [1.165, 1.54) is 17.7 Å². The van der Waals surface area contributed by atoms with Crippen LogP contribution in [-0.4, -0.2) is 23.6 Å². The van der Waals surface area contributed by atoms with Gasteiger partial charge in [0.1, 0.15) is 0 Å². The molecule has 0 saturated heterocycles. The number of aromatic nitrogens is 2. The maximum atomic E-state index is 4.72. The minimum atomic E-state index is 0.579. The molecule has 1 heterocycles. The maximum absolute atomic E-state index is 4.72. The van der Waals surface area contributed by atoms with Crippen LogP contribution in [0.1, 0.15) is 23.6 Å². The maximum Gasteiger partial charge on any atom is 0.159 e. The predicted molar refractivity (Wildman–Crippen MR) is 72.5 cm³/mol. The lowest BCUT2D eigenvalue weighted by Gasteiger charge is -2.10. The molecule has 0 bridgehead atoms. The van der Waals surface area contributed by atoms with Crippen molar-refractivity contribution >= 4 is 0 Å². The van der Waals surface area contributed by atoms with Crippen molar-refractivity contribution in [3.8, 4) is 11.4 Å². The highest BCUT2D eigenvalue weighted by Crippen LogP contribution is 2.31. The Bertz CT molecular complexity index is 537. The zero-order valence-corrected chi connectivity index (χ0v) is 10.6. The molecule has 1 unspecified atom stereocenters. The van der Waals surface area contributed by atoms with Gasteiger partial charge in [-0.05, 0) is 25.5 Å². The van der Waals surface area contributed by atoms with Gasteiger partial charge in [-0.1, -0.05) is 30.3 Å². The second-order valence-electron chi connectivity index (χ2n) is 4.75. The van der Waals surface area contributed by atoms with Crippen molar-refractivity contribution in [1.82, 2.24) is 15.3 Å². The van der Waals surface area contributed by atoms with Crippen molar-refractivity contribution in [1.29, 1.82) is 0 Å². The van der Waals surface area contributed by atoms with Crippen LogP contribution in [0.25, 0.3) is 11.4 Å². The van der Waals surface area contributed by atoms with Gasteiger partial charge in [-0.2, -0.15) is 0 Å². The molecule has 0 saturated carbocycles. The van der Waals surface area contributed by atoms with Crippen LogP contribution in [0.5, 0.6) is 0 Å². The second-order valence-corrected chi connectivity index (χ2v) is 4.75. The molecule has 3 heteroatoms. The first-order valence-electron chi connectivity index (χ1n) is 6.44. The zero-order valence-electron chi connectivity index (χ0n) is 10.6. The van der Waals surface area contributed by atoms with Gasteiger partial charge in [0.05, 0.1) is 0 Å². The molecule has 2 aromatic rings. The molecule has 0 radical (unpaired) electrons. The minimum Gasteiger partial charge on any atom is -0.319 e. The van der Waals surface area contributed by atoms with Gasteiger partial charge in [-0.25, -0.2) is 9.97 Å². The van der Waals surface area contributed by atoms with Gasteiger partial charge < -0.3 is 5.32 Å². The van der Waals surface area contributed by atoms with E-state index in [2.05, 4.69) is 22.4 Å². The molecule has 0 aliphatic heterocycles. The lowest BCUT2D eigenvalue weighted by molar-refractivity contribution is 0.622. The Morgan fingerprint density at radius 3 is 2.89 bits per heavy atom. The van der Waals surface area contributed by atoms with Crippen molar-refractivity contribution < 1.29 is 0 Å². The fourth-order valence-corrected chi connectivity index (χ4v) is 2.62. The van der Waals surface area contributed by atoms with Crippen molar-refractivity contribution in [2.45, 2.75) is 18.8 Å². The molecule has 0 spiro atoms. The van der Waals surface area contributed by atoms with Crippen molar-refractivity contribution in [3.63, 3.8) is 0 Å². The van der Waals surface area contributed by atoms with E-state index in [1.54, 1.807) is 0 Å². The van der Waals surface area contributed by atoms with E-state index in [-0.39, 0.29) is 0 Å². The zero-order chi connectivity index (χ0) is 12.4. The predicted octanol–water partition coefficient (Wildman–Crippen LogP) is 2.39. The molecule has 0 amide bonds. The van der Waals surface area contributed by atoms with Gasteiger partial charge >= 0.3 is 0 Å². The average molecular weight is 239 g/mol. The van der Waals surface area contributed by atoms with E-state index in [0.717, 1.165) is 24.4 Å². The lowest BCUT2D eigenvalue weighted by Crippen LogP contribution is -2.15. The number of aryl methyl sites for hydroxylation is 1. The third-order valence-electron chi connectivity index (χ3n) is 3.55. The van der Waals surface area contributed by atoms with Gasteiger partial charge in [0.25, 0.3) is 0 Å². The Balaban J connectivity index is 1.94. The van der Waals surface area contributed by atoms with Crippen LogP contribution in [0.3, 0.4) is 0 Å². The summed E-state index contributed by atoms with van der Waals surface area (Å²) < 4.78 is 0. The van der Waals surface area contributed by atoms with Crippen LogP contribution in [0.2, 0.25) is 0 Å². The second kappa shape index (κ2) is 4.86. The van der Waals surface area contributed by atoms with Crippen LogP contribution >= 0.6 is 0 Å². The largest absolute Gasteiger partial charge is 0.319 e. The highest BCUT2D eigenvalue weighted by molar-refractivity contribution is 5.55. The first-order valence-corrected chi connectivity index (χ1v) is 6.44. The van der Waals surface area contributed by atoms with Gasteiger partial charge in [0.2, 0.25) is 0 Å². The standard InChI is InChI=1S/C15H17N3/c1-16-9-12-7-8-14-13(12)10-17-15(18-14)11-5-3-2-4-6-11/h2-6,10,12,16H,7-9H2,1H3. The van der Waals surface area contributed by atoms with Crippen LogP contribution < -0.4 is 5.32 Å². The van der Waals surface area contributed by atoms with Crippen LogP contribution in [-0.2, 0) is 6.42 Å². The third-order valence-corrected chi connectivity index (χ3v) is 3.55. The molecule has 1 atom stereocenters. The van der Waals surface area contributed by atoms with Crippen molar-refractivity contribution in [3.05, 3.63) is 47.8 Å². The molecule has 18 heavy (non-hydrogen) atoms. The van der Waals surface area contributed by atoms with Crippen LogP contribution in [0.4, 0.5) is 0 Å². The molecule has 3 rings (SSSR count). The number of rotatable bonds is 3. The Morgan fingerprint density at radius 1 is 1.28 bits per heavy atom. The Kier molecular flexibility index (Phi) is 3.07. The molecule has 1 aliphatic carbocycles. The first kappa shape index (κ1) is 11.4. The van der Waals surface area contributed by atoms with Crippen LogP contribution in [0, 0.1) is 0 Å². The molecule has 0 fully saturated rings. The number of fused-ring (bicyclic) bond motifs is 1. The van der Waals surface area contributed by atoms with E-state index in [9.17, 15) is 0 Å². The first-order chi connectivity index (χ1) is 8.88. The monoisotopic (exact) mass is 239 g/mol. The van der Waals surface area contributed by atoms with Crippen LogP contribution in [0.15, 0.2) is 36.5 Å². The molecule has 1 aromatic heterocycles. The molecule has 1 aromatic carbocycles. The number of benzene rings is 1. The molecular formula is C15H17N3. The van der Waals surface area contributed by atoms with Gasteiger partial charge in [0.15, 0.2) is 5.82 Å². The van der Waals surface area contributed by atoms with Crippen molar-refractivity contribution in [2.24, 2.45) is 0 Å². The lowest BCUT2D eigenvalue weighted by atomic mass is 10.0. The van der Waals surface area contributed by atoms with Gasteiger partial charge in [-0.15, -0.1) is 0 Å². The number of likely N-dealkylation sites (N-methyl/N-ethyl adjacent to an activating group) is 1. The summed E-state index contributed by atoms with van der Waals surface area (Å²) in [6.45, 7) is 1.01. The third kappa shape index (κ3) is 2.02. The molecular weight excluding hydrogens is 222 g/mol. The molecule has 1 aliphatic rings. The fraction of sp³-hybridized carbons (Fsp3) is 0.333. The van der Waals surface area contributed by atoms with E-state index in [1.807, 2.05) is 31.4 Å². The quantitative estimate of drug-likeness (QED) is 0.893. The minimum absolute atomic E-state index is 0.579. The summed E-state index contributed by atoms with van der Waals surface area (Å²) in [4.78, 5) is 9.23. The normalized spacial score (nSPS) is 17.7. The smallest absolute Gasteiger partial charge is 0.159 e. The van der Waals surface area contributed by atoms with Crippen molar-refractivity contribution in [2.75, 3.05) is 13.6 Å². The number of hydrogen-bond donors (Lipinski definition) is 1. The summed E-state index contributed by atoms with van der Waals surface area (Å²) in [5.74, 6) is 1.43. The van der Waals surface area contributed by atoms with E-state index in [4.69, 9.17) is 4.98 Å². The number of nitrogens with zero attached hydrogens (tertiary/aromatic N) is 2. The topological polar surface area (TPSA) is 37.8 Å². The number of nitrogens with one attached hydrogen (secondary N) is 1. The highest BCUT2D eigenvalue weighted by Gasteiger charge is 2.23. The number of hydrogen-bond acceptors (Lipinski definition) is 3. The summed E-state index contributed by atoms with van der Waals surface area (Å²) in [5.41, 5.74) is 3.64. The molecule has 92 valence electrons. The van der Waals surface area contributed by atoms with Gasteiger partial charge in [0, 0.05) is 29.9 Å². The highest BCUT2D eigenvalue weighted by atomic mass is 14.9. The Hall–Kier alpha value is -1.74. The summed E-state index contributed by atoms with van der Waals surface area (Å²) >= 11 is 0. The Morgan fingerprint density at radius 2 is 2.11 bits per heavy atom. The van der Waals surface area contributed by atoms with E-state index in [0.29, 0.717) is 5.92 Å². The van der Waals surface area contributed by atoms with Gasteiger partial charge in [-0.3, -0.25) is 0 Å². The fourth-order valence-electron chi connectivity index (χ4n) is 2.62. The molecule has 3 nitrogen and oxygen atoms in total. The SMILES string of the molecule is CNCC1CCc2nc(-c3ccccc3)ncc21. The summed E-state index contributed by atoms with van der Waals surface area (Å²) in [7, 11) is 2.00. The molecule has 1 N–H and O–H groups in total. The summed E-state index contributed by atoms with van der Waals surface area (Å²) in [6.07, 6.45) is 4.27.